The SMILES string of the molecule is Cc1cccc(-c2c(Cl)nc(C3CC3C)nc2Cl)c1. The van der Waals surface area contributed by atoms with E-state index in [1.165, 1.54) is 0 Å². The van der Waals surface area contributed by atoms with Gasteiger partial charge in [0.25, 0.3) is 0 Å². The zero-order valence-electron chi connectivity index (χ0n) is 10.8. The van der Waals surface area contributed by atoms with Gasteiger partial charge in [0, 0.05) is 5.92 Å². The first-order chi connectivity index (χ1) is 9.06. The van der Waals surface area contributed by atoms with Crippen LogP contribution in [0.15, 0.2) is 24.3 Å². The molecule has 1 saturated carbocycles. The standard InChI is InChI=1S/C15H14Cl2N2/c1-8-4-3-5-10(6-8)12-13(16)18-15(19-14(12)17)11-7-9(11)2/h3-6,9,11H,7H2,1-2H3. The van der Waals surface area contributed by atoms with E-state index in [9.17, 15) is 0 Å². The number of rotatable bonds is 2. The molecule has 1 aromatic heterocycles. The van der Waals surface area contributed by atoms with Crippen LogP contribution in [0.1, 0.15) is 30.7 Å². The summed E-state index contributed by atoms with van der Waals surface area (Å²) in [6.45, 7) is 4.22. The Kier molecular flexibility index (Phi) is 3.23. The number of hydrogen-bond acceptors (Lipinski definition) is 2. The molecule has 1 aromatic carbocycles. The first kappa shape index (κ1) is 12.9. The van der Waals surface area contributed by atoms with Gasteiger partial charge in [0.1, 0.15) is 16.1 Å². The molecule has 2 atom stereocenters. The molecule has 1 aliphatic carbocycles. The maximum Gasteiger partial charge on any atom is 0.142 e. The van der Waals surface area contributed by atoms with Gasteiger partial charge in [-0.1, -0.05) is 60.0 Å². The molecule has 0 bridgehead atoms. The topological polar surface area (TPSA) is 25.8 Å². The van der Waals surface area contributed by atoms with Crippen LogP contribution in [-0.2, 0) is 0 Å². The van der Waals surface area contributed by atoms with Crippen molar-refractivity contribution in [2.75, 3.05) is 0 Å². The summed E-state index contributed by atoms with van der Waals surface area (Å²) in [5, 5.41) is 0.888. The van der Waals surface area contributed by atoms with E-state index in [4.69, 9.17) is 23.2 Å². The second-order valence-corrected chi connectivity index (χ2v) is 5.94. The van der Waals surface area contributed by atoms with Gasteiger partial charge in [-0.05, 0) is 24.8 Å². The van der Waals surface area contributed by atoms with Crippen molar-refractivity contribution in [2.24, 2.45) is 5.92 Å². The highest BCUT2D eigenvalue weighted by atomic mass is 35.5. The molecule has 1 aliphatic rings. The van der Waals surface area contributed by atoms with Crippen LogP contribution in [0.4, 0.5) is 0 Å². The summed E-state index contributed by atoms with van der Waals surface area (Å²) in [5.74, 6) is 1.83. The third-order valence-corrected chi connectivity index (χ3v) is 4.13. The summed E-state index contributed by atoms with van der Waals surface area (Å²) in [7, 11) is 0. The van der Waals surface area contributed by atoms with Crippen molar-refractivity contribution in [2.45, 2.75) is 26.2 Å². The molecule has 98 valence electrons. The van der Waals surface area contributed by atoms with Crippen molar-refractivity contribution >= 4 is 23.2 Å². The number of benzene rings is 1. The highest BCUT2D eigenvalue weighted by Gasteiger charge is 2.37. The summed E-state index contributed by atoms with van der Waals surface area (Å²) >= 11 is 12.6. The predicted octanol–water partition coefficient (Wildman–Crippen LogP) is 4.88. The second kappa shape index (κ2) is 4.77. The molecule has 0 saturated heterocycles. The second-order valence-electron chi connectivity index (χ2n) is 5.23. The van der Waals surface area contributed by atoms with Gasteiger partial charge in [-0.25, -0.2) is 9.97 Å². The minimum Gasteiger partial charge on any atom is -0.220 e. The van der Waals surface area contributed by atoms with E-state index in [1.54, 1.807) is 0 Å². The van der Waals surface area contributed by atoms with Crippen LogP contribution in [0.3, 0.4) is 0 Å². The van der Waals surface area contributed by atoms with Crippen molar-refractivity contribution in [1.82, 2.24) is 9.97 Å². The Balaban J connectivity index is 2.07. The number of halogens is 2. The van der Waals surface area contributed by atoms with Crippen LogP contribution in [-0.4, -0.2) is 9.97 Å². The van der Waals surface area contributed by atoms with E-state index in [0.717, 1.165) is 28.9 Å². The number of nitrogens with zero attached hydrogens (tertiary/aromatic N) is 2. The molecule has 0 amide bonds. The molecule has 0 spiro atoms. The number of hydrogen-bond donors (Lipinski definition) is 0. The molecular weight excluding hydrogens is 279 g/mol. The normalized spacial score (nSPS) is 21.5. The fourth-order valence-corrected chi connectivity index (χ4v) is 2.93. The molecule has 2 unspecified atom stereocenters. The third-order valence-electron chi connectivity index (χ3n) is 3.59. The van der Waals surface area contributed by atoms with E-state index in [1.807, 2.05) is 31.2 Å². The summed E-state index contributed by atoms with van der Waals surface area (Å²) in [6, 6.07) is 8.03. The van der Waals surface area contributed by atoms with Gasteiger partial charge in [0.2, 0.25) is 0 Å². The summed E-state index contributed by atoms with van der Waals surface area (Å²) in [6.07, 6.45) is 1.12. The first-order valence-corrected chi connectivity index (χ1v) is 7.12. The molecule has 2 nitrogen and oxygen atoms in total. The fourth-order valence-electron chi connectivity index (χ4n) is 2.31. The Morgan fingerprint density at radius 1 is 1.16 bits per heavy atom. The average molecular weight is 293 g/mol. The lowest BCUT2D eigenvalue weighted by Crippen LogP contribution is -1.97. The molecular formula is C15H14Cl2N2. The number of aromatic nitrogens is 2. The lowest BCUT2D eigenvalue weighted by Gasteiger charge is -2.09. The quantitative estimate of drug-likeness (QED) is 0.737. The van der Waals surface area contributed by atoms with E-state index in [-0.39, 0.29) is 0 Å². The third kappa shape index (κ3) is 2.47. The smallest absolute Gasteiger partial charge is 0.142 e. The molecule has 1 heterocycles. The van der Waals surface area contributed by atoms with Gasteiger partial charge < -0.3 is 0 Å². The lowest BCUT2D eigenvalue weighted by atomic mass is 10.1. The van der Waals surface area contributed by atoms with Crippen molar-refractivity contribution < 1.29 is 0 Å². The molecule has 1 fully saturated rings. The van der Waals surface area contributed by atoms with E-state index < -0.39 is 0 Å². The molecule has 4 heteroatoms. The van der Waals surface area contributed by atoms with Crippen molar-refractivity contribution in [3.05, 3.63) is 46.0 Å². The minimum atomic E-state index is 0.418. The predicted molar refractivity (Wildman–Crippen MR) is 78.7 cm³/mol. The molecule has 3 rings (SSSR count). The summed E-state index contributed by atoms with van der Waals surface area (Å²) < 4.78 is 0. The van der Waals surface area contributed by atoms with E-state index >= 15 is 0 Å². The zero-order chi connectivity index (χ0) is 13.6. The Bertz CT molecular complexity index is 617. The van der Waals surface area contributed by atoms with Crippen LogP contribution in [0.2, 0.25) is 10.3 Å². The number of aryl methyl sites for hydroxylation is 1. The monoisotopic (exact) mass is 292 g/mol. The van der Waals surface area contributed by atoms with E-state index in [2.05, 4.69) is 16.9 Å². The molecule has 0 aliphatic heterocycles. The van der Waals surface area contributed by atoms with Crippen LogP contribution in [0, 0.1) is 12.8 Å². The molecule has 19 heavy (non-hydrogen) atoms. The molecule has 0 radical (unpaired) electrons. The van der Waals surface area contributed by atoms with Crippen LogP contribution in [0.5, 0.6) is 0 Å². The highest BCUT2D eigenvalue weighted by molar-refractivity contribution is 6.37. The maximum absolute atomic E-state index is 6.31. The van der Waals surface area contributed by atoms with Crippen LogP contribution in [0.25, 0.3) is 11.1 Å². The summed E-state index contributed by atoms with van der Waals surface area (Å²) in [4.78, 5) is 8.84. The van der Waals surface area contributed by atoms with Gasteiger partial charge in [-0.3, -0.25) is 0 Å². The van der Waals surface area contributed by atoms with Crippen molar-refractivity contribution in [1.29, 1.82) is 0 Å². The van der Waals surface area contributed by atoms with Crippen LogP contribution >= 0.6 is 23.2 Å². The van der Waals surface area contributed by atoms with Crippen molar-refractivity contribution in [3.8, 4) is 11.1 Å². The Labute approximate surface area is 122 Å². The van der Waals surface area contributed by atoms with Gasteiger partial charge in [-0.15, -0.1) is 0 Å². The van der Waals surface area contributed by atoms with E-state index in [0.29, 0.717) is 22.1 Å². The molecule has 0 N–H and O–H groups in total. The van der Waals surface area contributed by atoms with Crippen molar-refractivity contribution in [3.63, 3.8) is 0 Å². The Morgan fingerprint density at radius 3 is 2.32 bits per heavy atom. The highest BCUT2D eigenvalue weighted by Crippen LogP contribution is 2.46. The summed E-state index contributed by atoms with van der Waals surface area (Å²) in [5.41, 5.74) is 2.85. The van der Waals surface area contributed by atoms with Gasteiger partial charge in [0.05, 0.1) is 5.56 Å². The lowest BCUT2D eigenvalue weighted by molar-refractivity contribution is 0.843. The fraction of sp³-hybridized carbons (Fsp3) is 0.333. The van der Waals surface area contributed by atoms with Crippen LogP contribution < -0.4 is 0 Å². The van der Waals surface area contributed by atoms with Gasteiger partial charge in [0.15, 0.2) is 0 Å². The largest absolute Gasteiger partial charge is 0.220 e. The Morgan fingerprint density at radius 2 is 1.79 bits per heavy atom. The van der Waals surface area contributed by atoms with Gasteiger partial charge in [-0.2, -0.15) is 0 Å². The maximum atomic E-state index is 6.31. The van der Waals surface area contributed by atoms with Gasteiger partial charge >= 0.3 is 0 Å². The molecule has 2 aromatic rings. The average Bonchev–Trinajstić information content (AvgIpc) is 3.05. The minimum absolute atomic E-state index is 0.418. The Hall–Kier alpha value is -1.12. The first-order valence-electron chi connectivity index (χ1n) is 6.36. The zero-order valence-corrected chi connectivity index (χ0v) is 12.3.